The molecule has 0 amide bonds. The van der Waals surface area contributed by atoms with Crippen LogP contribution in [0.3, 0.4) is 0 Å². The second kappa shape index (κ2) is 9.93. The van der Waals surface area contributed by atoms with E-state index in [1.807, 2.05) is 23.7 Å². The summed E-state index contributed by atoms with van der Waals surface area (Å²) in [4.78, 5) is 18.5. The minimum atomic E-state index is -0.316. The molecule has 8 heteroatoms. The first kappa shape index (κ1) is 25.7. The van der Waals surface area contributed by atoms with Crippen molar-refractivity contribution in [2.24, 2.45) is 5.92 Å². The zero-order valence-electron chi connectivity index (χ0n) is 22.1. The van der Waals surface area contributed by atoms with Gasteiger partial charge in [0.2, 0.25) is 0 Å². The van der Waals surface area contributed by atoms with Crippen LogP contribution in [-0.2, 0) is 18.6 Å². The number of rotatable bonds is 7. The number of pyridine rings is 1. The normalized spacial score (nSPS) is 13.2. The summed E-state index contributed by atoms with van der Waals surface area (Å²) in [6.45, 7) is 15.4. The van der Waals surface area contributed by atoms with Gasteiger partial charge in [0.1, 0.15) is 5.82 Å². The van der Waals surface area contributed by atoms with Gasteiger partial charge in [-0.2, -0.15) is 0 Å². The van der Waals surface area contributed by atoms with Crippen LogP contribution in [0.5, 0.6) is 0 Å². The summed E-state index contributed by atoms with van der Waals surface area (Å²) in [7, 11) is 0. The summed E-state index contributed by atoms with van der Waals surface area (Å²) in [6, 6.07) is 12.4. The van der Waals surface area contributed by atoms with Crippen molar-refractivity contribution in [2.75, 3.05) is 0 Å². The standard InChI is InChI=1S/C28H35FN6O/c1-17(2)25(26-31-32-33-35(26)28(5,6)7)34(15-20-8-10-23(29)11-9-20)16-22-14-21-12-18(3)19(4)13-24(21)30-27(22)36/h8-14,17,25H,15-16H2,1-7H3,(H,30,36). The number of fused-ring (bicyclic) bond motifs is 1. The highest BCUT2D eigenvalue weighted by molar-refractivity contribution is 5.80. The molecule has 0 aliphatic carbocycles. The largest absolute Gasteiger partial charge is 0.322 e. The summed E-state index contributed by atoms with van der Waals surface area (Å²) in [5.74, 6) is 0.601. The van der Waals surface area contributed by atoms with E-state index < -0.39 is 0 Å². The SMILES string of the molecule is Cc1cc2cc(CN(Cc3ccc(F)cc3)C(c3nnnn3C(C)(C)C)C(C)C)c(=O)[nH]c2cc1C. The maximum Gasteiger partial charge on any atom is 0.252 e. The highest BCUT2D eigenvalue weighted by Crippen LogP contribution is 2.32. The predicted molar refractivity (Wildman–Crippen MR) is 140 cm³/mol. The van der Waals surface area contributed by atoms with Crippen LogP contribution in [0.4, 0.5) is 4.39 Å². The van der Waals surface area contributed by atoms with E-state index in [0.29, 0.717) is 18.7 Å². The predicted octanol–water partition coefficient (Wildman–Crippen LogP) is 5.43. The van der Waals surface area contributed by atoms with Gasteiger partial charge in [0.05, 0.1) is 11.6 Å². The zero-order chi connectivity index (χ0) is 26.2. The van der Waals surface area contributed by atoms with Gasteiger partial charge in [0, 0.05) is 24.2 Å². The number of tetrazole rings is 1. The van der Waals surface area contributed by atoms with E-state index >= 15 is 0 Å². The number of hydrogen-bond donors (Lipinski definition) is 1. The Morgan fingerprint density at radius 2 is 1.69 bits per heavy atom. The third kappa shape index (κ3) is 5.38. The molecule has 2 heterocycles. The Bertz CT molecular complexity index is 1410. The minimum Gasteiger partial charge on any atom is -0.322 e. The maximum atomic E-state index is 13.6. The molecular weight excluding hydrogens is 455 g/mol. The van der Waals surface area contributed by atoms with Crippen LogP contribution in [0.25, 0.3) is 10.9 Å². The number of hydrogen-bond acceptors (Lipinski definition) is 5. The molecule has 0 radical (unpaired) electrons. The van der Waals surface area contributed by atoms with Crippen LogP contribution in [0.1, 0.15) is 68.7 Å². The lowest BCUT2D eigenvalue weighted by Crippen LogP contribution is -2.37. The average molecular weight is 491 g/mol. The van der Waals surface area contributed by atoms with Crippen LogP contribution in [-0.4, -0.2) is 30.1 Å². The van der Waals surface area contributed by atoms with E-state index in [1.165, 1.54) is 17.7 Å². The molecule has 0 saturated heterocycles. The molecule has 1 unspecified atom stereocenters. The number of benzene rings is 2. The molecule has 2 aromatic heterocycles. The fourth-order valence-electron chi connectivity index (χ4n) is 4.67. The molecule has 0 fully saturated rings. The molecule has 0 spiro atoms. The van der Waals surface area contributed by atoms with Crippen LogP contribution in [0.15, 0.2) is 47.3 Å². The van der Waals surface area contributed by atoms with Crippen LogP contribution in [0, 0.1) is 25.6 Å². The molecule has 0 aliphatic rings. The van der Waals surface area contributed by atoms with E-state index in [4.69, 9.17) is 0 Å². The Hall–Kier alpha value is -3.39. The topological polar surface area (TPSA) is 79.7 Å². The van der Waals surface area contributed by atoms with Gasteiger partial charge >= 0.3 is 0 Å². The highest BCUT2D eigenvalue weighted by atomic mass is 19.1. The number of aryl methyl sites for hydroxylation is 2. The Morgan fingerprint density at radius 3 is 2.33 bits per heavy atom. The van der Waals surface area contributed by atoms with Crippen molar-refractivity contribution in [1.82, 2.24) is 30.1 Å². The Morgan fingerprint density at radius 1 is 1.03 bits per heavy atom. The van der Waals surface area contributed by atoms with Gasteiger partial charge in [-0.25, -0.2) is 9.07 Å². The van der Waals surface area contributed by atoms with Crippen LogP contribution < -0.4 is 5.56 Å². The summed E-state index contributed by atoms with van der Waals surface area (Å²) in [5.41, 5.74) is 4.31. The lowest BCUT2D eigenvalue weighted by Gasteiger charge is -2.35. The van der Waals surface area contributed by atoms with E-state index in [-0.39, 0.29) is 28.9 Å². The van der Waals surface area contributed by atoms with E-state index in [1.54, 1.807) is 12.1 Å². The molecular formula is C28H35FN6O. The van der Waals surface area contributed by atoms with Crippen molar-refractivity contribution < 1.29 is 4.39 Å². The van der Waals surface area contributed by atoms with Gasteiger partial charge in [0.15, 0.2) is 5.82 Å². The quantitative estimate of drug-likeness (QED) is 0.374. The fourth-order valence-corrected chi connectivity index (χ4v) is 4.67. The third-order valence-corrected chi connectivity index (χ3v) is 6.63. The molecule has 0 aliphatic heterocycles. The maximum absolute atomic E-state index is 13.6. The van der Waals surface area contributed by atoms with Crippen molar-refractivity contribution in [3.63, 3.8) is 0 Å². The van der Waals surface area contributed by atoms with Gasteiger partial charge in [-0.1, -0.05) is 26.0 Å². The number of H-pyrrole nitrogens is 1. The smallest absolute Gasteiger partial charge is 0.252 e. The van der Waals surface area contributed by atoms with Gasteiger partial charge in [-0.05, 0) is 103 Å². The second-order valence-corrected chi connectivity index (χ2v) is 11.0. The number of halogens is 1. The number of nitrogens with one attached hydrogen (secondary N) is 1. The first-order valence-corrected chi connectivity index (χ1v) is 12.3. The first-order valence-electron chi connectivity index (χ1n) is 12.3. The average Bonchev–Trinajstić information content (AvgIpc) is 3.27. The van der Waals surface area contributed by atoms with Crippen molar-refractivity contribution in [1.29, 1.82) is 0 Å². The molecule has 1 N–H and O–H groups in total. The van der Waals surface area contributed by atoms with Gasteiger partial charge < -0.3 is 4.98 Å². The Kier molecular flexibility index (Phi) is 7.09. The molecule has 0 bridgehead atoms. The molecule has 0 saturated carbocycles. The minimum absolute atomic E-state index is 0.118. The van der Waals surface area contributed by atoms with Crippen molar-refractivity contribution in [2.45, 2.75) is 73.1 Å². The first-order chi connectivity index (χ1) is 16.9. The van der Waals surface area contributed by atoms with Gasteiger partial charge in [-0.15, -0.1) is 5.10 Å². The lowest BCUT2D eigenvalue weighted by atomic mass is 9.98. The summed E-state index contributed by atoms with van der Waals surface area (Å²) >= 11 is 0. The van der Waals surface area contributed by atoms with E-state index in [2.05, 4.69) is 73.0 Å². The van der Waals surface area contributed by atoms with Crippen molar-refractivity contribution in [3.05, 3.63) is 86.7 Å². The van der Waals surface area contributed by atoms with Crippen molar-refractivity contribution in [3.8, 4) is 0 Å². The zero-order valence-corrected chi connectivity index (χ0v) is 22.1. The number of nitrogens with zero attached hydrogens (tertiary/aromatic N) is 5. The summed E-state index contributed by atoms with van der Waals surface area (Å²) in [5, 5.41) is 13.7. The molecule has 1 atom stereocenters. The summed E-state index contributed by atoms with van der Waals surface area (Å²) < 4.78 is 15.5. The van der Waals surface area contributed by atoms with Crippen LogP contribution in [0.2, 0.25) is 0 Å². The molecule has 4 aromatic rings. The molecule has 2 aromatic carbocycles. The Balaban J connectivity index is 1.82. The molecule has 36 heavy (non-hydrogen) atoms. The monoisotopic (exact) mass is 490 g/mol. The Labute approximate surface area is 211 Å². The summed E-state index contributed by atoms with van der Waals surface area (Å²) in [6.07, 6.45) is 0. The second-order valence-electron chi connectivity index (χ2n) is 11.0. The number of aromatic nitrogens is 5. The van der Waals surface area contributed by atoms with Crippen LogP contribution >= 0.6 is 0 Å². The molecule has 190 valence electrons. The third-order valence-electron chi connectivity index (χ3n) is 6.63. The van der Waals surface area contributed by atoms with Gasteiger partial charge in [0.25, 0.3) is 5.56 Å². The van der Waals surface area contributed by atoms with Gasteiger partial charge in [-0.3, -0.25) is 9.69 Å². The fraction of sp³-hybridized carbons (Fsp3) is 0.429. The van der Waals surface area contributed by atoms with E-state index in [0.717, 1.165) is 27.9 Å². The lowest BCUT2D eigenvalue weighted by molar-refractivity contribution is 0.119. The molecule has 4 rings (SSSR count). The highest BCUT2D eigenvalue weighted by Gasteiger charge is 2.33. The molecule has 7 nitrogen and oxygen atoms in total. The number of aromatic amines is 1. The van der Waals surface area contributed by atoms with E-state index in [9.17, 15) is 9.18 Å². The van der Waals surface area contributed by atoms with Crippen molar-refractivity contribution >= 4 is 10.9 Å².